The fraction of sp³-hybridized carbons (Fsp3) is 0.375. The molecular weight excluding hydrogens is 402 g/mol. The summed E-state index contributed by atoms with van der Waals surface area (Å²) in [6.07, 6.45) is 1.82. The predicted molar refractivity (Wildman–Crippen MR) is 128 cm³/mol. The molecule has 2 heterocycles. The summed E-state index contributed by atoms with van der Waals surface area (Å²) in [5.41, 5.74) is 4.74. The zero-order valence-electron chi connectivity index (χ0n) is 19.9. The van der Waals surface area contributed by atoms with Crippen LogP contribution in [0.25, 0.3) is 5.69 Å². The smallest absolute Gasteiger partial charge is 0.194 e. The van der Waals surface area contributed by atoms with E-state index >= 15 is 0 Å². The van der Waals surface area contributed by atoms with Crippen molar-refractivity contribution in [2.75, 3.05) is 20.7 Å². The van der Waals surface area contributed by atoms with Crippen LogP contribution in [-0.4, -0.2) is 50.9 Å². The fourth-order valence-corrected chi connectivity index (χ4v) is 3.66. The van der Waals surface area contributed by atoms with Crippen LogP contribution in [0.1, 0.15) is 28.6 Å². The number of guanidine groups is 1. The average Bonchev–Trinajstić information content (AvgIpc) is 3.25. The normalized spacial score (nSPS) is 11.5. The van der Waals surface area contributed by atoms with E-state index in [1.165, 1.54) is 17.0 Å². The molecule has 0 saturated heterocycles. The minimum absolute atomic E-state index is 0.450. The van der Waals surface area contributed by atoms with Gasteiger partial charge in [-0.2, -0.15) is 0 Å². The largest absolute Gasteiger partial charge is 0.497 e. The van der Waals surface area contributed by atoms with Gasteiger partial charge in [0.1, 0.15) is 18.1 Å². The van der Waals surface area contributed by atoms with E-state index in [9.17, 15) is 0 Å². The maximum atomic E-state index is 5.29. The van der Waals surface area contributed by atoms with Crippen molar-refractivity contribution in [3.63, 3.8) is 0 Å². The Balaban J connectivity index is 1.82. The van der Waals surface area contributed by atoms with Crippen LogP contribution in [0.15, 0.2) is 48.0 Å². The number of nitrogens with zero attached hydrogens (tertiary/aromatic N) is 6. The predicted octanol–water partition coefficient (Wildman–Crippen LogP) is 3.30. The maximum absolute atomic E-state index is 5.29. The van der Waals surface area contributed by atoms with E-state index in [4.69, 9.17) is 9.73 Å². The molecule has 0 aliphatic rings. The molecule has 8 nitrogen and oxygen atoms in total. The summed E-state index contributed by atoms with van der Waals surface area (Å²) in [5, 5.41) is 11.7. The summed E-state index contributed by atoms with van der Waals surface area (Å²) in [6.45, 7) is 11.8. The van der Waals surface area contributed by atoms with Crippen LogP contribution in [-0.2, 0) is 20.1 Å². The van der Waals surface area contributed by atoms with Crippen molar-refractivity contribution in [1.29, 1.82) is 0 Å². The van der Waals surface area contributed by atoms with Crippen LogP contribution < -0.4 is 10.1 Å². The Kier molecular flexibility index (Phi) is 7.35. The van der Waals surface area contributed by atoms with Gasteiger partial charge in [0.25, 0.3) is 0 Å². The number of hydrogen-bond donors (Lipinski definition) is 1. The highest BCUT2D eigenvalue weighted by molar-refractivity contribution is 5.79. The van der Waals surface area contributed by atoms with Gasteiger partial charge in [0.2, 0.25) is 0 Å². The van der Waals surface area contributed by atoms with Crippen LogP contribution in [0.2, 0.25) is 0 Å². The van der Waals surface area contributed by atoms with Crippen molar-refractivity contribution in [2.24, 2.45) is 12.0 Å². The minimum atomic E-state index is 0.450. The molecule has 0 radical (unpaired) electrons. The Morgan fingerprint density at radius 3 is 2.53 bits per heavy atom. The van der Waals surface area contributed by atoms with Gasteiger partial charge < -0.3 is 24.1 Å². The van der Waals surface area contributed by atoms with Crippen LogP contribution in [0.5, 0.6) is 5.75 Å². The first-order chi connectivity index (χ1) is 15.3. The molecule has 0 aliphatic heterocycles. The lowest BCUT2D eigenvalue weighted by Gasteiger charge is -2.22. The number of aryl methyl sites for hydroxylation is 2. The fourth-order valence-electron chi connectivity index (χ4n) is 3.66. The molecule has 3 rings (SSSR count). The summed E-state index contributed by atoms with van der Waals surface area (Å²) >= 11 is 0. The van der Waals surface area contributed by atoms with Gasteiger partial charge in [-0.1, -0.05) is 6.08 Å². The van der Waals surface area contributed by atoms with Crippen molar-refractivity contribution in [3.8, 4) is 11.4 Å². The first-order valence-electron chi connectivity index (χ1n) is 10.6. The Morgan fingerprint density at radius 2 is 1.94 bits per heavy atom. The van der Waals surface area contributed by atoms with Crippen molar-refractivity contribution >= 4 is 5.96 Å². The molecule has 0 saturated carbocycles. The first kappa shape index (κ1) is 23.1. The number of hydrogen-bond acceptors (Lipinski definition) is 4. The van der Waals surface area contributed by atoms with Gasteiger partial charge >= 0.3 is 0 Å². The zero-order chi connectivity index (χ0) is 23.3. The molecule has 0 amide bonds. The lowest BCUT2D eigenvalue weighted by molar-refractivity contribution is 0.414. The molecular formula is C24H33N7O. The number of ether oxygens (including phenoxy) is 1. The molecule has 1 aromatic carbocycles. The second-order valence-corrected chi connectivity index (χ2v) is 7.82. The quantitative estimate of drug-likeness (QED) is 0.334. The van der Waals surface area contributed by atoms with E-state index in [1.807, 2.05) is 43.8 Å². The zero-order valence-corrected chi connectivity index (χ0v) is 19.9. The maximum Gasteiger partial charge on any atom is 0.194 e. The standard InChI is InChI=1S/C24H33N7O/c1-8-13-25-24(26-15-23-28-27-19(4)30(23)6)29(5)16-20-14-17(2)31(18(20)3)21-9-11-22(32-7)12-10-21/h8-12,14H,1,13,15-16H2,2-7H3,(H,25,26). The Morgan fingerprint density at radius 1 is 1.22 bits per heavy atom. The highest BCUT2D eigenvalue weighted by Gasteiger charge is 2.15. The number of nitrogens with one attached hydrogen (secondary N) is 1. The third-order valence-electron chi connectivity index (χ3n) is 5.59. The second kappa shape index (κ2) is 10.2. The summed E-state index contributed by atoms with van der Waals surface area (Å²) in [5.74, 6) is 3.34. The van der Waals surface area contributed by atoms with Gasteiger partial charge in [-0.25, -0.2) is 4.99 Å². The Bertz CT molecular complexity index is 1090. The van der Waals surface area contributed by atoms with E-state index in [0.29, 0.717) is 13.1 Å². The van der Waals surface area contributed by atoms with E-state index < -0.39 is 0 Å². The van der Waals surface area contributed by atoms with Crippen molar-refractivity contribution < 1.29 is 4.74 Å². The van der Waals surface area contributed by atoms with E-state index in [-0.39, 0.29) is 0 Å². The van der Waals surface area contributed by atoms with Crippen LogP contribution in [0.3, 0.4) is 0 Å². The average molecular weight is 436 g/mol. The molecule has 3 aromatic rings. The molecule has 1 N–H and O–H groups in total. The van der Waals surface area contributed by atoms with Gasteiger partial charge in [-0.15, -0.1) is 16.8 Å². The van der Waals surface area contributed by atoms with Gasteiger partial charge in [-0.05, 0) is 56.7 Å². The summed E-state index contributed by atoms with van der Waals surface area (Å²) in [4.78, 5) is 6.90. The number of aromatic nitrogens is 4. The molecule has 2 aromatic heterocycles. The van der Waals surface area contributed by atoms with Crippen molar-refractivity contribution in [2.45, 2.75) is 33.9 Å². The molecule has 0 unspecified atom stereocenters. The molecule has 8 heteroatoms. The summed E-state index contributed by atoms with van der Waals surface area (Å²) in [7, 11) is 5.67. The lowest BCUT2D eigenvalue weighted by Crippen LogP contribution is -2.38. The van der Waals surface area contributed by atoms with Crippen LogP contribution in [0, 0.1) is 20.8 Å². The Labute approximate surface area is 190 Å². The van der Waals surface area contributed by atoms with E-state index in [1.54, 1.807) is 7.11 Å². The number of methoxy groups -OCH3 is 1. The topological polar surface area (TPSA) is 72.5 Å². The van der Waals surface area contributed by atoms with Crippen LogP contribution >= 0.6 is 0 Å². The number of rotatable bonds is 8. The summed E-state index contributed by atoms with van der Waals surface area (Å²) in [6, 6.07) is 10.4. The summed E-state index contributed by atoms with van der Waals surface area (Å²) < 4.78 is 9.51. The van der Waals surface area contributed by atoms with Crippen molar-refractivity contribution in [1.82, 2.24) is 29.5 Å². The Hall–Kier alpha value is -3.55. The van der Waals surface area contributed by atoms with Crippen LogP contribution in [0.4, 0.5) is 0 Å². The molecule has 0 aliphatic carbocycles. The number of aliphatic imine (C=N–C) groups is 1. The van der Waals surface area contributed by atoms with Gasteiger partial charge in [0.15, 0.2) is 11.8 Å². The van der Waals surface area contributed by atoms with Gasteiger partial charge in [-0.3, -0.25) is 0 Å². The van der Waals surface area contributed by atoms with Gasteiger partial charge in [0, 0.05) is 44.3 Å². The molecule has 0 spiro atoms. The lowest BCUT2D eigenvalue weighted by atomic mass is 10.2. The monoisotopic (exact) mass is 435 g/mol. The molecule has 0 fully saturated rings. The van der Waals surface area contributed by atoms with E-state index in [0.717, 1.165) is 35.6 Å². The molecule has 0 bridgehead atoms. The molecule has 32 heavy (non-hydrogen) atoms. The molecule has 0 atom stereocenters. The number of benzene rings is 1. The molecule has 170 valence electrons. The highest BCUT2D eigenvalue weighted by atomic mass is 16.5. The minimum Gasteiger partial charge on any atom is -0.497 e. The van der Waals surface area contributed by atoms with Gasteiger partial charge in [0.05, 0.1) is 7.11 Å². The van der Waals surface area contributed by atoms with Crippen molar-refractivity contribution in [3.05, 3.63) is 71.6 Å². The van der Waals surface area contributed by atoms with E-state index in [2.05, 4.69) is 63.6 Å². The SMILES string of the molecule is C=CCNC(=NCc1nnc(C)n1C)N(C)Cc1cc(C)n(-c2ccc(OC)cc2)c1C. The second-order valence-electron chi connectivity index (χ2n) is 7.82. The third-order valence-corrected chi connectivity index (χ3v) is 5.59. The highest BCUT2D eigenvalue weighted by Crippen LogP contribution is 2.23. The third kappa shape index (κ3) is 5.01. The first-order valence-corrected chi connectivity index (χ1v) is 10.6.